The van der Waals surface area contributed by atoms with Crippen LogP contribution in [0, 0.1) is 17.0 Å². The molecule has 0 atom stereocenters. The van der Waals surface area contributed by atoms with Gasteiger partial charge in [-0.15, -0.1) is 0 Å². The van der Waals surface area contributed by atoms with Gasteiger partial charge in [-0.3, -0.25) is 14.9 Å². The van der Waals surface area contributed by atoms with Crippen LogP contribution in [0.1, 0.15) is 22.7 Å². The first-order valence-corrected chi connectivity index (χ1v) is 9.21. The Morgan fingerprint density at radius 2 is 1.55 bits per heavy atom. The van der Waals surface area contributed by atoms with E-state index in [4.69, 9.17) is 4.74 Å². The Hall–Kier alpha value is -3.67. The summed E-state index contributed by atoms with van der Waals surface area (Å²) < 4.78 is 5.61. The van der Waals surface area contributed by atoms with Crippen LogP contribution in [0.5, 0.6) is 5.75 Å². The highest BCUT2D eigenvalue weighted by Crippen LogP contribution is 2.28. The molecule has 0 bridgehead atoms. The summed E-state index contributed by atoms with van der Waals surface area (Å²) in [5.41, 5.74) is 2.51. The van der Waals surface area contributed by atoms with Crippen LogP contribution in [-0.2, 0) is 4.79 Å². The first-order chi connectivity index (χ1) is 14.0. The standard InChI is InChI=1S/C23H22N2O4/c1-17-15-20(13-14-21(17)25(27)28)29-16-22(26)24(2)23(18-9-5-3-6-10-18)19-11-7-4-8-12-19/h3-15,23H,16H2,1-2H3. The number of hydrogen-bond donors (Lipinski definition) is 0. The maximum atomic E-state index is 12.9. The zero-order valence-corrected chi connectivity index (χ0v) is 16.3. The minimum atomic E-state index is -0.442. The van der Waals surface area contributed by atoms with Crippen LogP contribution in [0.2, 0.25) is 0 Å². The third kappa shape index (κ3) is 4.79. The van der Waals surface area contributed by atoms with Crippen molar-refractivity contribution in [1.29, 1.82) is 0 Å². The average Bonchev–Trinajstić information content (AvgIpc) is 2.73. The first kappa shape index (κ1) is 20.1. The second kappa shape index (κ2) is 9.01. The third-order valence-corrected chi connectivity index (χ3v) is 4.74. The first-order valence-electron chi connectivity index (χ1n) is 9.21. The number of benzene rings is 3. The number of nitro benzene ring substituents is 1. The number of nitro groups is 1. The van der Waals surface area contributed by atoms with Gasteiger partial charge in [-0.1, -0.05) is 60.7 Å². The summed E-state index contributed by atoms with van der Waals surface area (Å²) in [7, 11) is 1.75. The van der Waals surface area contributed by atoms with E-state index in [0.717, 1.165) is 11.1 Å². The normalized spacial score (nSPS) is 10.6. The molecule has 0 radical (unpaired) electrons. The maximum absolute atomic E-state index is 12.9. The molecule has 0 saturated heterocycles. The van der Waals surface area contributed by atoms with E-state index in [1.54, 1.807) is 24.9 Å². The van der Waals surface area contributed by atoms with Gasteiger partial charge < -0.3 is 9.64 Å². The van der Waals surface area contributed by atoms with Crippen molar-refractivity contribution in [3.05, 3.63) is 106 Å². The van der Waals surface area contributed by atoms with Crippen molar-refractivity contribution in [2.24, 2.45) is 0 Å². The Kier molecular flexibility index (Phi) is 6.24. The van der Waals surface area contributed by atoms with E-state index in [0.29, 0.717) is 11.3 Å². The number of carbonyl (C=O) groups is 1. The van der Waals surface area contributed by atoms with E-state index in [2.05, 4.69) is 0 Å². The Labute approximate surface area is 169 Å². The second-order valence-electron chi connectivity index (χ2n) is 6.72. The Morgan fingerprint density at radius 3 is 2.03 bits per heavy atom. The molecule has 0 saturated carbocycles. The minimum absolute atomic E-state index is 0.0222. The smallest absolute Gasteiger partial charge is 0.272 e. The topological polar surface area (TPSA) is 72.7 Å². The molecule has 6 heteroatoms. The molecule has 0 spiro atoms. The van der Waals surface area contributed by atoms with Crippen LogP contribution < -0.4 is 4.74 Å². The van der Waals surface area contributed by atoms with Crippen molar-refractivity contribution in [2.75, 3.05) is 13.7 Å². The molecule has 148 valence electrons. The summed E-state index contributed by atoms with van der Waals surface area (Å²) in [6.45, 7) is 1.48. The van der Waals surface area contributed by atoms with Gasteiger partial charge >= 0.3 is 0 Å². The predicted octanol–water partition coefficient (Wildman–Crippen LogP) is 4.53. The second-order valence-corrected chi connectivity index (χ2v) is 6.72. The highest BCUT2D eigenvalue weighted by molar-refractivity contribution is 5.78. The quantitative estimate of drug-likeness (QED) is 0.439. The fourth-order valence-corrected chi connectivity index (χ4v) is 3.22. The van der Waals surface area contributed by atoms with Gasteiger partial charge in [-0.05, 0) is 30.2 Å². The summed E-state index contributed by atoms with van der Waals surface area (Å²) >= 11 is 0. The van der Waals surface area contributed by atoms with Gasteiger partial charge in [0.15, 0.2) is 6.61 Å². The zero-order valence-electron chi connectivity index (χ0n) is 16.3. The summed E-state index contributed by atoms with van der Waals surface area (Å²) in [6, 6.07) is 23.8. The number of rotatable bonds is 7. The maximum Gasteiger partial charge on any atom is 0.272 e. The molecule has 0 aromatic heterocycles. The summed E-state index contributed by atoms with van der Waals surface area (Å²) in [5, 5.41) is 10.9. The fourth-order valence-electron chi connectivity index (χ4n) is 3.22. The van der Waals surface area contributed by atoms with E-state index < -0.39 is 4.92 Å². The number of amides is 1. The van der Waals surface area contributed by atoms with Crippen molar-refractivity contribution in [3.63, 3.8) is 0 Å². The molecule has 0 aliphatic carbocycles. The molecule has 0 aliphatic rings. The number of nitrogens with zero attached hydrogens (tertiary/aromatic N) is 2. The van der Waals surface area contributed by atoms with Crippen molar-refractivity contribution in [3.8, 4) is 5.75 Å². The highest BCUT2D eigenvalue weighted by Gasteiger charge is 2.23. The number of hydrogen-bond acceptors (Lipinski definition) is 4. The number of aryl methyl sites for hydroxylation is 1. The van der Waals surface area contributed by atoms with Gasteiger partial charge in [-0.2, -0.15) is 0 Å². The van der Waals surface area contributed by atoms with Crippen LogP contribution >= 0.6 is 0 Å². The van der Waals surface area contributed by atoms with Gasteiger partial charge in [0, 0.05) is 18.7 Å². The molecule has 6 nitrogen and oxygen atoms in total. The molecule has 0 fully saturated rings. The zero-order chi connectivity index (χ0) is 20.8. The summed E-state index contributed by atoms with van der Waals surface area (Å²) in [6.07, 6.45) is 0. The lowest BCUT2D eigenvalue weighted by atomic mass is 9.97. The molecule has 3 rings (SSSR count). The van der Waals surface area contributed by atoms with Crippen LogP contribution in [0.3, 0.4) is 0 Å². The molecule has 0 unspecified atom stereocenters. The Balaban J connectivity index is 1.76. The lowest BCUT2D eigenvalue weighted by Crippen LogP contribution is -2.35. The molecule has 1 amide bonds. The van der Waals surface area contributed by atoms with Gasteiger partial charge in [0.05, 0.1) is 11.0 Å². The van der Waals surface area contributed by atoms with Crippen LogP contribution in [-0.4, -0.2) is 29.4 Å². The SMILES string of the molecule is Cc1cc(OCC(=O)N(C)C(c2ccccc2)c2ccccc2)ccc1[N+](=O)[O-]. The lowest BCUT2D eigenvalue weighted by Gasteiger charge is -2.29. The average molecular weight is 390 g/mol. The van der Waals surface area contributed by atoms with Crippen molar-refractivity contribution in [2.45, 2.75) is 13.0 Å². The van der Waals surface area contributed by atoms with Gasteiger partial charge in [0.2, 0.25) is 0 Å². The largest absolute Gasteiger partial charge is 0.484 e. The van der Waals surface area contributed by atoms with Crippen LogP contribution in [0.4, 0.5) is 5.69 Å². The number of ether oxygens (including phenoxy) is 1. The van der Waals surface area contributed by atoms with E-state index in [1.807, 2.05) is 60.7 Å². The van der Waals surface area contributed by atoms with Crippen molar-refractivity contribution < 1.29 is 14.5 Å². The third-order valence-electron chi connectivity index (χ3n) is 4.74. The summed E-state index contributed by atoms with van der Waals surface area (Å²) in [5.74, 6) is 0.226. The highest BCUT2D eigenvalue weighted by atomic mass is 16.6. The Morgan fingerprint density at radius 1 is 1.00 bits per heavy atom. The molecule has 29 heavy (non-hydrogen) atoms. The summed E-state index contributed by atoms with van der Waals surface area (Å²) in [4.78, 5) is 25.0. The molecule has 3 aromatic rings. The number of carbonyl (C=O) groups excluding carboxylic acids is 1. The Bertz CT molecular complexity index is 951. The van der Waals surface area contributed by atoms with Crippen molar-refractivity contribution in [1.82, 2.24) is 4.90 Å². The molecule has 0 aliphatic heterocycles. The predicted molar refractivity (Wildman–Crippen MR) is 111 cm³/mol. The monoisotopic (exact) mass is 390 g/mol. The molecule has 3 aromatic carbocycles. The van der Waals surface area contributed by atoms with Gasteiger partial charge in [-0.25, -0.2) is 0 Å². The molecular formula is C23H22N2O4. The molecule has 0 heterocycles. The van der Waals surface area contributed by atoms with Crippen molar-refractivity contribution >= 4 is 11.6 Å². The molecular weight excluding hydrogens is 368 g/mol. The van der Waals surface area contributed by atoms with Gasteiger partial charge in [0.25, 0.3) is 11.6 Å². The number of likely N-dealkylation sites (N-methyl/N-ethyl adjacent to an activating group) is 1. The van der Waals surface area contributed by atoms with E-state index in [9.17, 15) is 14.9 Å². The minimum Gasteiger partial charge on any atom is -0.484 e. The van der Waals surface area contributed by atoms with Gasteiger partial charge in [0.1, 0.15) is 5.75 Å². The van der Waals surface area contributed by atoms with E-state index in [-0.39, 0.29) is 24.2 Å². The van der Waals surface area contributed by atoms with Crippen LogP contribution in [0.15, 0.2) is 78.9 Å². The fraction of sp³-hybridized carbons (Fsp3) is 0.174. The van der Waals surface area contributed by atoms with E-state index in [1.165, 1.54) is 12.1 Å². The van der Waals surface area contributed by atoms with E-state index >= 15 is 0 Å². The van der Waals surface area contributed by atoms with Crippen LogP contribution in [0.25, 0.3) is 0 Å². The molecule has 0 N–H and O–H groups in total. The lowest BCUT2D eigenvalue weighted by molar-refractivity contribution is -0.385.